The van der Waals surface area contributed by atoms with E-state index in [1.165, 1.54) is 31.4 Å². The molecule has 2 fully saturated rings. The molecule has 44 heavy (non-hydrogen) atoms. The van der Waals surface area contributed by atoms with E-state index in [1.807, 2.05) is 3.28 Å². The van der Waals surface area contributed by atoms with Crippen molar-refractivity contribution in [2.45, 2.75) is 104 Å². The molecule has 0 saturated heterocycles. The fourth-order valence-electron chi connectivity index (χ4n) is 12.5. The molecule has 6 rings (SSSR count). The number of fused-ring (bicyclic) bond motifs is 8. The number of halogens is 2. The van der Waals surface area contributed by atoms with E-state index < -0.39 is 25.8 Å². The van der Waals surface area contributed by atoms with Crippen LogP contribution in [-0.4, -0.2) is 5.43 Å². The van der Waals surface area contributed by atoms with Crippen LogP contribution in [0.4, 0.5) is 0 Å². The Kier molecular flexibility index (Phi) is 9.88. The van der Waals surface area contributed by atoms with E-state index in [4.69, 9.17) is 0 Å². The first-order valence-corrected chi connectivity index (χ1v) is 25.2. The van der Waals surface area contributed by atoms with Crippen LogP contribution in [-0.2, 0) is 20.4 Å². The monoisotopic (exact) mass is 724 g/mol. The average Bonchev–Trinajstić information content (AvgIpc) is 3.54. The van der Waals surface area contributed by atoms with E-state index in [9.17, 15) is 0 Å². The summed E-state index contributed by atoms with van der Waals surface area (Å²) in [5.41, 5.74) is 1.46. The predicted molar refractivity (Wildman–Crippen MR) is 181 cm³/mol. The van der Waals surface area contributed by atoms with Gasteiger partial charge in [-0.2, -0.15) is 0 Å². The molecule has 0 spiro atoms. The van der Waals surface area contributed by atoms with Crippen molar-refractivity contribution in [3.05, 3.63) is 93.9 Å². The number of rotatable bonds is 6. The van der Waals surface area contributed by atoms with E-state index in [0.29, 0.717) is 5.92 Å². The number of hydrogen-bond donors (Lipinski definition) is 0. The first-order chi connectivity index (χ1) is 19.8. The maximum atomic E-state index is 2.86. The zero-order chi connectivity index (χ0) is 30.4. The summed E-state index contributed by atoms with van der Waals surface area (Å²) in [6.07, 6.45) is 39.6. The Morgan fingerprint density at radius 1 is 0.705 bits per heavy atom. The fraction of sp³-hybridized carbons (Fsp3) is 0.600. The van der Waals surface area contributed by atoms with Crippen LogP contribution in [0.2, 0.25) is 15.7 Å². The molecule has 9 unspecified atom stereocenters. The Balaban J connectivity index is 0.00000221. The van der Waals surface area contributed by atoms with E-state index >= 15 is 0 Å². The molecule has 238 valence electrons. The van der Waals surface area contributed by atoms with Crippen LogP contribution in [0.15, 0.2) is 93.9 Å². The van der Waals surface area contributed by atoms with Crippen LogP contribution in [0.5, 0.6) is 0 Å². The Labute approximate surface area is 290 Å². The van der Waals surface area contributed by atoms with Gasteiger partial charge in [0.1, 0.15) is 0 Å². The largest absolute Gasteiger partial charge is 1.00 e. The molecule has 0 radical (unpaired) electrons. The van der Waals surface area contributed by atoms with Gasteiger partial charge in [-0.1, -0.05) is 0 Å². The second kappa shape index (κ2) is 11.9. The zero-order valence-corrected chi connectivity index (χ0v) is 34.0. The van der Waals surface area contributed by atoms with Crippen LogP contribution < -0.4 is 24.8 Å². The quantitative estimate of drug-likeness (QED) is 0.317. The van der Waals surface area contributed by atoms with Crippen molar-refractivity contribution in [2.24, 2.45) is 43.8 Å². The first kappa shape index (κ1) is 36.4. The molecule has 2 saturated carbocycles. The van der Waals surface area contributed by atoms with E-state index in [0.717, 1.165) is 3.63 Å². The van der Waals surface area contributed by atoms with Gasteiger partial charge < -0.3 is 24.8 Å². The Morgan fingerprint density at radius 3 is 1.75 bits per heavy atom. The Morgan fingerprint density at radius 2 is 1.23 bits per heavy atom. The topological polar surface area (TPSA) is 0 Å². The summed E-state index contributed by atoms with van der Waals surface area (Å²) in [6, 6.07) is 3.02. The molecule has 4 heteroatoms. The minimum Gasteiger partial charge on any atom is -1.00 e. The van der Waals surface area contributed by atoms with Gasteiger partial charge in [0.05, 0.1) is 0 Å². The minimum absolute atomic E-state index is 0. The normalized spacial score (nSPS) is 45.1. The van der Waals surface area contributed by atoms with Gasteiger partial charge in [-0.25, -0.2) is 0 Å². The predicted octanol–water partition coefficient (Wildman–Crippen LogP) is 5.51. The van der Waals surface area contributed by atoms with Gasteiger partial charge >= 0.3 is 268 Å². The van der Waals surface area contributed by atoms with E-state index in [1.54, 1.807) is 5.57 Å². The van der Waals surface area contributed by atoms with Crippen molar-refractivity contribution in [3.63, 3.8) is 0 Å². The maximum absolute atomic E-state index is 2.86. The van der Waals surface area contributed by atoms with Gasteiger partial charge in [0, 0.05) is 0 Å². The standard InChI is InChI=1S/C29H37.C6H14Si.C5H5.2ClH.Zr/c1-21-14-13-15-22-20-27(6)25(4)18-10-9-16-23(25,2)24(3)17-11-12-19-26(24,5)29(27,8)28(21,22)7;1-3-5-7-6-4-2;1-2-4-5-3-1;;;/h9-20,22H,1-8H3;3-6H2,1-2H3;1-3H,4H2;2*1H;/q;;;;;+2/p-2. The average molecular weight is 727 g/mol. The SMILES string of the molecule is CCC[Si](CCC)=[Zr+2]([C]1=CC=CC1)[CH]1C2C=CC=C(C)C2(C)C2(C)C3(C)C=CC=CC3(C)C3(C)C=CC=CC3(C)C12C.[Cl-].[Cl-]. The van der Waals surface area contributed by atoms with Gasteiger partial charge in [-0.3, -0.25) is 0 Å². The molecule has 0 aromatic carbocycles. The molecule has 6 aliphatic rings. The van der Waals surface area contributed by atoms with E-state index in [-0.39, 0.29) is 62.7 Å². The summed E-state index contributed by atoms with van der Waals surface area (Å²) in [5.74, 6) is 0.598. The molecular weight excluding hydrogens is 671 g/mol. The van der Waals surface area contributed by atoms with Gasteiger partial charge in [0.15, 0.2) is 0 Å². The number of hydrogen-bond acceptors (Lipinski definition) is 0. The third-order valence-electron chi connectivity index (χ3n) is 15.4. The molecule has 0 N–H and O–H groups in total. The van der Waals surface area contributed by atoms with Crippen molar-refractivity contribution < 1.29 is 45.2 Å². The summed E-state index contributed by atoms with van der Waals surface area (Å²) < 4.78 is 2.72. The Hall–Kier alpha value is -0.400. The van der Waals surface area contributed by atoms with Crippen LogP contribution in [0.25, 0.3) is 0 Å². The van der Waals surface area contributed by atoms with Gasteiger partial charge in [0.25, 0.3) is 0 Å². The van der Waals surface area contributed by atoms with Gasteiger partial charge in [-0.05, 0) is 0 Å². The Bertz CT molecular complexity index is 1470. The minimum atomic E-state index is -2.24. The molecule has 0 aromatic heterocycles. The van der Waals surface area contributed by atoms with Crippen molar-refractivity contribution in [1.82, 2.24) is 0 Å². The summed E-state index contributed by atoms with van der Waals surface area (Å²) in [7, 11) is 0. The molecule has 0 aliphatic heterocycles. The zero-order valence-electron chi connectivity index (χ0n) is 29.0. The molecule has 0 nitrogen and oxygen atoms in total. The molecule has 0 aromatic rings. The first-order valence-electron chi connectivity index (χ1n) is 17.0. The summed E-state index contributed by atoms with van der Waals surface area (Å²) in [5, 5.41) is 0. The van der Waals surface area contributed by atoms with Gasteiger partial charge in [0.2, 0.25) is 0 Å². The van der Waals surface area contributed by atoms with Crippen molar-refractivity contribution in [1.29, 1.82) is 0 Å². The fourth-order valence-corrected chi connectivity index (χ4v) is 40.9. The maximum Gasteiger partial charge on any atom is -1.00 e. The van der Waals surface area contributed by atoms with E-state index in [2.05, 4.69) is 154 Å². The summed E-state index contributed by atoms with van der Waals surface area (Å²) >= 11 is -2.24. The molecule has 6 aliphatic carbocycles. The smallest absolute Gasteiger partial charge is 1.00 e. The third kappa shape index (κ3) is 3.84. The summed E-state index contributed by atoms with van der Waals surface area (Å²) in [6.45, 7) is 26.6. The molecular formula is C40H56Cl2SiZr. The molecule has 0 heterocycles. The van der Waals surface area contributed by atoms with Crippen LogP contribution in [0.3, 0.4) is 0 Å². The molecule has 0 amide bonds. The summed E-state index contributed by atoms with van der Waals surface area (Å²) in [4.78, 5) is 0. The van der Waals surface area contributed by atoms with Crippen LogP contribution in [0.1, 0.15) is 88.5 Å². The van der Waals surface area contributed by atoms with Crippen LogP contribution in [0, 0.1) is 43.8 Å². The second-order valence-corrected chi connectivity index (χ2v) is 31.6. The van der Waals surface area contributed by atoms with Crippen LogP contribution >= 0.6 is 0 Å². The second-order valence-electron chi connectivity index (χ2n) is 15.9. The van der Waals surface area contributed by atoms with Gasteiger partial charge in [-0.15, -0.1) is 0 Å². The third-order valence-corrected chi connectivity index (χ3v) is 37.9. The molecule has 0 bridgehead atoms. The van der Waals surface area contributed by atoms with Crippen molar-refractivity contribution >= 4 is 5.43 Å². The van der Waals surface area contributed by atoms with Crippen molar-refractivity contribution in [2.75, 3.05) is 0 Å². The van der Waals surface area contributed by atoms with Crippen molar-refractivity contribution in [3.8, 4) is 0 Å². The molecule has 9 atom stereocenters. The number of allylic oxidation sites excluding steroid dienone is 16.